The first-order valence-corrected chi connectivity index (χ1v) is 4.69. The topological polar surface area (TPSA) is 38.7 Å². The van der Waals surface area contributed by atoms with Crippen LogP contribution in [-0.2, 0) is 11.3 Å². The fourth-order valence-corrected chi connectivity index (χ4v) is 1.59. The molecule has 1 heterocycles. The molecule has 15 heavy (non-hydrogen) atoms. The first-order chi connectivity index (χ1) is 7.22. The fraction of sp³-hybridized carbons (Fsp3) is 0.167. The second-order valence-corrected chi connectivity index (χ2v) is 3.45. The lowest BCUT2D eigenvalue weighted by Crippen LogP contribution is -2.08. The van der Waals surface area contributed by atoms with Crippen LogP contribution in [0.25, 0.3) is 0 Å². The maximum atomic E-state index is 8.48. The van der Waals surface area contributed by atoms with E-state index in [9.17, 15) is 0 Å². The molecule has 0 fully saturated rings. The minimum Gasteiger partial charge on any atom is -0.453 e. The van der Waals surface area contributed by atoms with Crippen LogP contribution in [0.5, 0.6) is 5.75 Å². The summed E-state index contributed by atoms with van der Waals surface area (Å²) in [5.74, 6) is 1.43. The van der Waals surface area contributed by atoms with E-state index >= 15 is 0 Å². The first kappa shape index (κ1) is 9.80. The van der Waals surface area contributed by atoms with Gasteiger partial charge in [-0.1, -0.05) is 18.2 Å². The van der Waals surface area contributed by atoms with Gasteiger partial charge in [0.15, 0.2) is 11.5 Å². The number of allylic oxidation sites excluding steroid dienone is 1. The van der Waals surface area contributed by atoms with Gasteiger partial charge < -0.3 is 9.62 Å². The highest BCUT2D eigenvalue weighted by molar-refractivity contribution is 5.46. The molecule has 3 heteroatoms. The highest BCUT2D eigenvalue weighted by Crippen LogP contribution is 2.31. The average Bonchev–Trinajstić information content (AvgIpc) is 2.28. The average molecular weight is 204 g/mol. The molecule has 1 aliphatic rings. The number of aryl methyl sites for hydroxylation is 1. The summed E-state index contributed by atoms with van der Waals surface area (Å²) in [5, 5.41) is 8.48. The highest BCUT2D eigenvalue weighted by atomic mass is 17.1. The second-order valence-electron chi connectivity index (χ2n) is 3.45. The number of fused-ring (bicyclic) bond motifs is 1. The third-order valence-corrected chi connectivity index (χ3v) is 2.40. The molecule has 0 unspecified atom stereocenters. The molecule has 1 N–H and O–H groups in total. The van der Waals surface area contributed by atoms with Crippen LogP contribution in [0.2, 0.25) is 0 Å². The molecular weight excluding hydrogens is 192 g/mol. The molecule has 0 bridgehead atoms. The number of hydrogen-bond donors (Lipinski definition) is 1. The summed E-state index contributed by atoms with van der Waals surface area (Å²) < 4.78 is 5.59. The van der Waals surface area contributed by atoms with Gasteiger partial charge in [0.05, 0.1) is 0 Å². The molecular formula is C12H12O3. The Morgan fingerprint density at radius 2 is 2.33 bits per heavy atom. The van der Waals surface area contributed by atoms with Crippen molar-refractivity contribution in [1.29, 1.82) is 0 Å². The quantitative estimate of drug-likeness (QED) is 0.457. The lowest BCUT2D eigenvalue weighted by Gasteiger charge is -2.19. The van der Waals surface area contributed by atoms with Gasteiger partial charge in [0.2, 0.25) is 0 Å². The lowest BCUT2D eigenvalue weighted by molar-refractivity contribution is -0.202. The van der Waals surface area contributed by atoms with Gasteiger partial charge in [-0.2, -0.15) is 0 Å². The van der Waals surface area contributed by atoms with Crippen LogP contribution in [0, 0.1) is 6.92 Å². The van der Waals surface area contributed by atoms with Crippen LogP contribution in [0.1, 0.15) is 11.1 Å². The Labute approximate surface area is 88.2 Å². The molecule has 0 aliphatic carbocycles. The maximum Gasteiger partial charge on any atom is 0.200 e. The summed E-state index contributed by atoms with van der Waals surface area (Å²) in [6.45, 7) is 5.51. The molecule has 1 aromatic rings. The smallest absolute Gasteiger partial charge is 0.200 e. The van der Waals surface area contributed by atoms with Crippen LogP contribution in [0.4, 0.5) is 0 Å². The summed E-state index contributed by atoms with van der Waals surface area (Å²) in [6.07, 6.45) is 2.59. The Morgan fingerprint density at radius 1 is 1.53 bits per heavy atom. The zero-order valence-electron chi connectivity index (χ0n) is 8.49. The van der Waals surface area contributed by atoms with Gasteiger partial charge in [-0.25, -0.2) is 5.26 Å². The van der Waals surface area contributed by atoms with E-state index in [0.717, 1.165) is 23.3 Å². The summed E-state index contributed by atoms with van der Waals surface area (Å²) in [7, 11) is 0. The lowest BCUT2D eigenvalue weighted by atomic mass is 10.0. The van der Waals surface area contributed by atoms with E-state index in [-0.39, 0.29) is 5.76 Å². The molecule has 0 spiro atoms. The minimum absolute atomic E-state index is 0.129. The minimum atomic E-state index is 0.129. The number of benzene rings is 1. The molecule has 2 rings (SSSR count). The van der Waals surface area contributed by atoms with Crippen LogP contribution in [0.3, 0.4) is 0 Å². The maximum absolute atomic E-state index is 8.48. The van der Waals surface area contributed by atoms with Gasteiger partial charge >= 0.3 is 0 Å². The predicted octanol–water partition coefficient (Wildman–Crippen LogP) is 2.82. The monoisotopic (exact) mass is 204 g/mol. The van der Waals surface area contributed by atoms with E-state index in [1.807, 2.05) is 31.2 Å². The third-order valence-electron chi connectivity index (χ3n) is 2.40. The van der Waals surface area contributed by atoms with Gasteiger partial charge in [0.25, 0.3) is 0 Å². The highest BCUT2D eigenvalue weighted by Gasteiger charge is 2.17. The second kappa shape index (κ2) is 3.79. The zero-order chi connectivity index (χ0) is 10.8. The van der Waals surface area contributed by atoms with E-state index < -0.39 is 0 Å². The Kier molecular flexibility index (Phi) is 2.47. The van der Waals surface area contributed by atoms with E-state index in [4.69, 9.17) is 9.99 Å². The standard InChI is InChI=1S/C12H12O3/c1-8-4-3-5-10-6-7-11(9(2)15-13)14-12(8)10/h3-5,7,13H,2,6H2,1H3. The largest absolute Gasteiger partial charge is 0.453 e. The van der Waals surface area contributed by atoms with E-state index in [2.05, 4.69) is 11.5 Å². The van der Waals surface area contributed by atoms with Crippen molar-refractivity contribution in [2.45, 2.75) is 13.3 Å². The Morgan fingerprint density at radius 3 is 3.07 bits per heavy atom. The fourth-order valence-electron chi connectivity index (χ4n) is 1.59. The van der Waals surface area contributed by atoms with Crippen molar-refractivity contribution in [2.75, 3.05) is 0 Å². The Balaban J connectivity index is 2.33. The summed E-state index contributed by atoms with van der Waals surface area (Å²) in [5.41, 5.74) is 2.19. The molecule has 1 aromatic carbocycles. The van der Waals surface area contributed by atoms with Crippen molar-refractivity contribution in [1.82, 2.24) is 0 Å². The van der Waals surface area contributed by atoms with Crippen molar-refractivity contribution >= 4 is 0 Å². The van der Waals surface area contributed by atoms with Gasteiger partial charge in [0, 0.05) is 0 Å². The SMILES string of the molecule is C=C(OO)C1=CCc2cccc(C)c2O1. The van der Waals surface area contributed by atoms with Crippen LogP contribution in [-0.4, -0.2) is 5.26 Å². The zero-order valence-corrected chi connectivity index (χ0v) is 8.49. The van der Waals surface area contributed by atoms with Crippen LogP contribution in [0.15, 0.2) is 42.4 Å². The number of rotatable bonds is 2. The molecule has 0 saturated carbocycles. The van der Waals surface area contributed by atoms with Crippen LogP contribution >= 0.6 is 0 Å². The van der Waals surface area contributed by atoms with Crippen molar-refractivity contribution in [3.8, 4) is 5.75 Å². The Bertz CT molecular complexity index is 432. The molecule has 3 nitrogen and oxygen atoms in total. The van der Waals surface area contributed by atoms with Crippen molar-refractivity contribution in [3.63, 3.8) is 0 Å². The van der Waals surface area contributed by atoms with E-state index in [1.54, 1.807) is 0 Å². The predicted molar refractivity (Wildman–Crippen MR) is 56.4 cm³/mol. The number of para-hydroxylation sites is 1. The van der Waals surface area contributed by atoms with Crippen molar-refractivity contribution in [2.24, 2.45) is 0 Å². The van der Waals surface area contributed by atoms with Gasteiger partial charge in [-0.05, 0) is 37.1 Å². The van der Waals surface area contributed by atoms with Gasteiger partial charge in [0.1, 0.15) is 5.75 Å². The molecule has 1 aliphatic heterocycles. The Hall–Kier alpha value is -1.74. The van der Waals surface area contributed by atoms with Crippen molar-refractivity contribution < 1.29 is 14.9 Å². The molecule has 0 aromatic heterocycles. The molecule has 0 saturated heterocycles. The number of ether oxygens (including phenoxy) is 1. The number of hydrogen-bond acceptors (Lipinski definition) is 3. The van der Waals surface area contributed by atoms with Gasteiger partial charge in [-0.3, -0.25) is 0 Å². The van der Waals surface area contributed by atoms with E-state index in [0.29, 0.717) is 5.76 Å². The van der Waals surface area contributed by atoms with E-state index in [1.165, 1.54) is 0 Å². The van der Waals surface area contributed by atoms with Gasteiger partial charge in [-0.15, -0.1) is 0 Å². The molecule has 0 amide bonds. The molecule has 0 atom stereocenters. The first-order valence-electron chi connectivity index (χ1n) is 4.69. The summed E-state index contributed by atoms with van der Waals surface area (Å²) in [6, 6.07) is 5.98. The van der Waals surface area contributed by atoms with Crippen molar-refractivity contribution in [3.05, 3.63) is 53.5 Å². The normalized spacial score (nSPS) is 13.6. The van der Waals surface area contributed by atoms with Crippen LogP contribution < -0.4 is 4.74 Å². The molecule has 0 radical (unpaired) electrons. The summed E-state index contributed by atoms with van der Waals surface area (Å²) in [4.78, 5) is 4.06. The molecule has 78 valence electrons. The summed E-state index contributed by atoms with van der Waals surface area (Å²) >= 11 is 0. The third kappa shape index (κ3) is 1.74.